The number of likely N-dealkylation sites (N-methyl/N-ethyl adjacent to an activating group) is 1. The molecule has 3 atom stereocenters. The second-order valence-corrected chi connectivity index (χ2v) is 10.1. The number of phenols is 1. The highest BCUT2D eigenvalue weighted by Crippen LogP contribution is 2.50. The molecular formula is C30H36N2O4. The van der Waals surface area contributed by atoms with Crippen LogP contribution in [0, 0.1) is 5.92 Å². The zero-order valence-corrected chi connectivity index (χ0v) is 21.2. The molecule has 6 heteroatoms. The van der Waals surface area contributed by atoms with Crippen molar-refractivity contribution < 1.29 is 19.4 Å². The summed E-state index contributed by atoms with van der Waals surface area (Å²) in [5.41, 5.74) is 1.87. The van der Waals surface area contributed by atoms with Gasteiger partial charge in [0.05, 0.1) is 0 Å². The molecule has 1 heterocycles. The van der Waals surface area contributed by atoms with Gasteiger partial charge in [0.2, 0.25) is 5.91 Å². The first-order valence-corrected chi connectivity index (χ1v) is 12.7. The summed E-state index contributed by atoms with van der Waals surface area (Å²) in [6.07, 6.45) is 9.10. The smallest absolute Gasteiger partial charge is 0.308 e. The van der Waals surface area contributed by atoms with Crippen LogP contribution >= 0.6 is 0 Å². The van der Waals surface area contributed by atoms with Gasteiger partial charge in [-0.15, -0.1) is 6.58 Å². The van der Waals surface area contributed by atoms with Gasteiger partial charge in [-0.05, 0) is 79.6 Å². The van der Waals surface area contributed by atoms with Crippen molar-refractivity contribution in [1.29, 1.82) is 0 Å². The Labute approximate surface area is 213 Å². The van der Waals surface area contributed by atoms with Gasteiger partial charge in [-0.1, -0.05) is 30.3 Å². The maximum atomic E-state index is 13.1. The largest absolute Gasteiger partial charge is 0.508 e. The number of phenolic OH excluding ortho intramolecular Hbond substituents is 1. The molecule has 1 saturated carbocycles. The van der Waals surface area contributed by atoms with Crippen LogP contribution in [0.25, 0.3) is 6.08 Å². The van der Waals surface area contributed by atoms with Gasteiger partial charge in [-0.3, -0.25) is 14.5 Å². The molecule has 2 aromatic carbocycles. The standard InChI is InChI=1S/C30H36N2O4/c1-4-16-32-17-15-30(24-8-6-10-28(19-24)36-22(2)33)20-26(13-12-25(30)21-32)31(3)29(35)14-11-23-7-5-9-27(34)18-23/h4-11,14,18-19,25-26,34H,1,12-13,15-17,20-21H2,2-3H3/b14-11+. The molecule has 190 valence electrons. The first-order valence-electron chi connectivity index (χ1n) is 12.7. The number of amides is 1. The predicted molar refractivity (Wildman–Crippen MR) is 142 cm³/mol. The van der Waals surface area contributed by atoms with E-state index in [0.717, 1.165) is 50.9 Å². The third-order valence-corrected chi connectivity index (χ3v) is 7.82. The molecule has 1 aliphatic heterocycles. The SMILES string of the molecule is C=CCN1CCC2(c3cccc(OC(C)=O)c3)CC(N(C)C(=O)/C=C/c3cccc(O)c3)CCC2C1. The fourth-order valence-electron chi connectivity index (χ4n) is 6.00. The maximum absolute atomic E-state index is 13.1. The molecule has 0 spiro atoms. The van der Waals surface area contributed by atoms with Crippen LogP contribution in [0.5, 0.6) is 11.5 Å². The number of ether oxygens (including phenoxy) is 1. The molecular weight excluding hydrogens is 452 g/mol. The molecule has 2 aliphatic rings. The number of hydrogen-bond acceptors (Lipinski definition) is 5. The average Bonchev–Trinajstić information content (AvgIpc) is 2.86. The van der Waals surface area contributed by atoms with E-state index < -0.39 is 0 Å². The number of carbonyl (C=O) groups excluding carboxylic acids is 2. The minimum Gasteiger partial charge on any atom is -0.508 e. The van der Waals surface area contributed by atoms with Crippen LogP contribution in [0.4, 0.5) is 0 Å². The maximum Gasteiger partial charge on any atom is 0.308 e. The summed E-state index contributed by atoms with van der Waals surface area (Å²) in [6.45, 7) is 8.17. The molecule has 2 aromatic rings. The van der Waals surface area contributed by atoms with Crippen molar-refractivity contribution >= 4 is 18.0 Å². The monoisotopic (exact) mass is 488 g/mol. The van der Waals surface area contributed by atoms with Crippen LogP contribution in [0.15, 0.2) is 67.3 Å². The number of likely N-dealkylation sites (tertiary alicyclic amines) is 1. The van der Waals surface area contributed by atoms with E-state index in [1.807, 2.05) is 42.3 Å². The van der Waals surface area contributed by atoms with E-state index in [1.165, 1.54) is 12.5 Å². The Morgan fingerprint density at radius 3 is 2.78 bits per heavy atom. The summed E-state index contributed by atoms with van der Waals surface area (Å²) in [4.78, 5) is 29.0. The van der Waals surface area contributed by atoms with Crippen LogP contribution in [0.2, 0.25) is 0 Å². The fraction of sp³-hybridized carbons (Fsp3) is 0.400. The van der Waals surface area contributed by atoms with Gasteiger partial charge in [-0.25, -0.2) is 0 Å². The Hall–Kier alpha value is -3.38. The molecule has 4 rings (SSSR count). The summed E-state index contributed by atoms with van der Waals surface area (Å²) >= 11 is 0. The van der Waals surface area contributed by atoms with E-state index in [0.29, 0.717) is 11.7 Å². The molecule has 0 radical (unpaired) electrons. The van der Waals surface area contributed by atoms with E-state index in [2.05, 4.69) is 17.5 Å². The lowest BCUT2D eigenvalue weighted by atomic mass is 9.57. The minimum atomic E-state index is -0.327. The predicted octanol–water partition coefficient (Wildman–Crippen LogP) is 4.79. The van der Waals surface area contributed by atoms with Crippen LogP contribution < -0.4 is 4.74 Å². The van der Waals surface area contributed by atoms with Gasteiger partial charge < -0.3 is 14.7 Å². The van der Waals surface area contributed by atoms with Crippen molar-refractivity contribution in [2.75, 3.05) is 26.7 Å². The first kappa shape index (κ1) is 25.7. The van der Waals surface area contributed by atoms with Gasteiger partial charge in [0.25, 0.3) is 0 Å². The van der Waals surface area contributed by atoms with Crippen molar-refractivity contribution in [3.05, 3.63) is 78.4 Å². The number of carbonyl (C=O) groups is 2. The number of fused-ring (bicyclic) bond motifs is 1. The summed E-state index contributed by atoms with van der Waals surface area (Å²) in [7, 11) is 1.88. The Kier molecular flexibility index (Phi) is 7.94. The molecule has 36 heavy (non-hydrogen) atoms. The van der Waals surface area contributed by atoms with Crippen LogP contribution in [0.1, 0.15) is 43.7 Å². The molecule has 1 aliphatic carbocycles. The van der Waals surface area contributed by atoms with E-state index >= 15 is 0 Å². The lowest BCUT2D eigenvalue weighted by molar-refractivity contribution is -0.132. The quantitative estimate of drug-likeness (QED) is 0.263. The Bertz CT molecular complexity index is 1140. The third kappa shape index (κ3) is 5.71. The number of esters is 1. The highest BCUT2D eigenvalue weighted by molar-refractivity contribution is 5.91. The van der Waals surface area contributed by atoms with Crippen molar-refractivity contribution in [3.63, 3.8) is 0 Å². The van der Waals surface area contributed by atoms with Crippen molar-refractivity contribution in [1.82, 2.24) is 9.80 Å². The number of nitrogens with zero attached hydrogens (tertiary/aromatic N) is 2. The van der Waals surface area contributed by atoms with Crippen LogP contribution in [0.3, 0.4) is 0 Å². The lowest BCUT2D eigenvalue weighted by Gasteiger charge is -2.54. The van der Waals surface area contributed by atoms with E-state index in [1.54, 1.807) is 30.4 Å². The zero-order valence-electron chi connectivity index (χ0n) is 21.2. The Balaban J connectivity index is 1.58. The molecule has 1 amide bonds. The summed E-state index contributed by atoms with van der Waals surface area (Å²) in [5.74, 6) is 0.822. The molecule has 0 aromatic heterocycles. The van der Waals surface area contributed by atoms with E-state index in [-0.39, 0.29) is 29.1 Å². The van der Waals surface area contributed by atoms with E-state index in [9.17, 15) is 14.7 Å². The van der Waals surface area contributed by atoms with Gasteiger partial charge >= 0.3 is 5.97 Å². The highest BCUT2D eigenvalue weighted by Gasteiger charge is 2.49. The second kappa shape index (κ2) is 11.1. The lowest BCUT2D eigenvalue weighted by Crippen LogP contribution is -2.56. The summed E-state index contributed by atoms with van der Waals surface area (Å²) in [6, 6.07) is 14.9. The first-order chi connectivity index (χ1) is 17.3. The third-order valence-electron chi connectivity index (χ3n) is 7.82. The zero-order chi connectivity index (χ0) is 25.7. The van der Waals surface area contributed by atoms with Gasteiger partial charge in [-0.2, -0.15) is 0 Å². The molecule has 1 N–H and O–H groups in total. The number of hydrogen-bond donors (Lipinski definition) is 1. The fourth-order valence-corrected chi connectivity index (χ4v) is 6.00. The topological polar surface area (TPSA) is 70.1 Å². The normalized spacial score (nSPS) is 24.2. The van der Waals surface area contributed by atoms with Gasteiger partial charge in [0.1, 0.15) is 11.5 Å². The average molecular weight is 489 g/mol. The summed E-state index contributed by atoms with van der Waals surface area (Å²) < 4.78 is 5.42. The van der Waals surface area contributed by atoms with Crippen LogP contribution in [-0.4, -0.2) is 59.5 Å². The molecule has 6 nitrogen and oxygen atoms in total. The minimum absolute atomic E-state index is 0.0466. The Morgan fingerprint density at radius 1 is 1.22 bits per heavy atom. The van der Waals surface area contributed by atoms with Gasteiger partial charge in [0.15, 0.2) is 0 Å². The Morgan fingerprint density at radius 2 is 2.03 bits per heavy atom. The second-order valence-electron chi connectivity index (χ2n) is 10.1. The van der Waals surface area contributed by atoms with Crippen molar-refractivity contribution in [3.8, 4) is 11.5 Å². The van der Waals surface area contributed by atoms with Crippen LogP contribution in [-0.2, 0) is 15.0 Å². The number of benzene rings is 2. The number of rotatable bonds is 7. The summed E-state index contributed by atoms with van der Waals surface area (Å²) in [5, 5.41) is 9.69. The van der Waals surface area contributed by atoms with Gasteiger partial charge in [0, 0.05) is 44.6 Å². The number of aromatic hydroxyl groups is 1. The number of piperidine rings is 1. The molecule has 0 bridgehead atoms. The highest BCUT2D eigenvalue weighted by atomic mass is 16.5. The van der Waals surface area contributed by atoms with E-state index in [4.69, 9.17) is 4.74 Å². The molecule has 2 fully saturated rings. The molecule has 3 unspecified atom stereocenters. The molecule has 1 saturated heterocycles. The van der Waals surface area contributed by atoms with Crippen molar-refractivity contribution in [2.45, 2.75) is 44.1 Å². The van der Waals surface area contributed by atoms with Crippen molar-refractivity contribution in [2.24, 2.45) is 5.92 Å².